The molecule has 1 aromatic carbocycles. The summed E-state index contributed by atoms with van der Waals surface area (Å²) in [6, 6.07) is 2.26. The molecule has 0 spiro atoms. The van der Waals surface area contributed by atoms with Crippen LogP contribution in [0.2, 0.25) is 0 Å². The molecule has 0 amide bonds. The van der Waals surface area contributed by atoms with Crippen molar-refractivity contribution >= 4 is 15.8 Å². The molecule has 7 heteroatoms. The number of sulfone groups is 1. The molecule has 0 saturated heterocycles. The van der Waals surface area contributed by atoms with Gasteiger partial charge in [-0.25, -0.2) is 12.8 Å². The van der Waals surface area contributed by atoms with Crippen LogP contribution in [-0.4, -0.2) is 32.9 Å². The Bertz CT molecular complexity index is 646. The third kappa shape index (κ3) is 2.18. The number of methoxy groups -OCH3 is 1. The van der Waals surface area contributed by atoms with Gasteiger partial charge in [0, 0.05) is 6.26 Å². The first-order valence-corrected chi connectivity index (χ1v) is 7.43. The summed E-state index contributed by atoms with van der Waals surface area (Å²) in [6.07, 6.45) is 1.68. The summed E-state index contributed by atoms with van der Waals surface area (Å²) in [5, 5.41) is 9.16. The van der Waals surface area contributed by atoms with Gasteiger partial charge in [0.1, 0.15) is 16.5 Å². The SMILES string of the molecule is COc1cc(C2(C(=O)O)CC2)cc(F)c1S(C)(=O)=O. The minimum atomic E-state index is -3.79. The molecule has 0 heterocycles. The molecule has 19 heavy (non-hydrogen) atoms. The quantitative estimate of drug-likeness (QED) is 0.904. The average molecular weight is 288 g/mol. The van der Waals surface area contributed by atoms with E-state index in [9.17, 15) is 17.6 Å². The second kappa shape index (κ2) is 4.19. The normalized spacial score (nSPS) is 17.0. The fourth-order valence-electron chi connectivity index (χ4n) is 2.11. The highest BCUT2D eigenvalue weighted by Crippen LogP contribution is 2.50. The maximum atomic E-state index is 14.0. The molecule has 0 aromatic heterocycles. The van der Waals surface area contributed by atoms with E-state index >= 15 is 0 Å². The van der Waals surface area contributed by atoms with Crippen molar-refractivity contribution in [3.05, 3.63) is 23.5 Å². The van der Waals surface area contributed by atoms with Crippen LogP contribution in [0.4, 0.5) is 4.39 Å². The smallest absolute Gasteiger partial charge is 0.314 e. The van der Waals surface area contributed by atoms with Gasteiger partial charge >= 0.3 is 5.97 Å². The summed E-state index contributed by atoms with van der Waals surface area (Å²) >= 11 is 0. The van der Waals surface area contributed by atoms with Crippen molar-refractivity contribution in [1.29, 1.82) is 0 Å². The number of hydrogen-bond donors (Lipinski definition) is 1. The highest BCUT2D eigenvalue weighted by atomic mass is 32.2. The largest absolute Gasteiger partial charge is 0.495 e. The minimum Gasteiger partial charge on any atom is -0.495 e. The predicted molar refractivity (Wildman–Crippen MR) is 64.6 cm³/mol. The van der Waals surface area contributed by atoms with E-state index < -0.39 is 31.9 Å². The zero-order chi connectivity index (χ0) is 14.4. The Kier molecular flexibility index (Phi) is 3.04. The van der Waals surface area contributed by atoms with Crippen LogP contribution in [0.5, 0.6) is 5.75 Å². The van der Waals surface area contributed by atoms with Gasteiger partial charge in [0.05, 0.1) is 12.5 Å². The molecular formula is C12H13FO5S. The number of ether oxygens (including phenoxy) is 1. The van der Waals surface area contributed by atoms with Gasteiger partial charge in [0.15, 0.2) is 9.84 Å². The Morgan fingerprint density at radius 2 is 2.00 bits per heavy atom. The Labute approximate surface area is 109 Å². The first-order valence-electron chi connectivity index (χ1n) is 5.54. The fraction of sp³-hybridized carbons (Fsp3) is 0.417. The van der Waals surface area contributed by atoms with Crippen LogP contribution in [0.25, 0.3) is 0 Å². The summed E-state index contributed by atoms with van der Waals surface area (Å²) in [4.78, 5) is 10.7. The summed E-state index contributed by atoms with van der Waals surface area (Å²) in [6.45, 7) is 0. The van der Waals surface area contributed by atoms with Gasteiger partial charge in [0.2, 0.25) is 0 Å². The Hall–Kier alpha value is -1.63. The van der Waals surface area contributed by atoms with Crippen LogP contribution in [-0.2, 0) is 20.0 Å². The lowest BCUT2D eigenvalue weighted by molar-refractivity contribution is -0.140. The van der Waals surface area contributed by atoms with Crippen LogP contribution in [0.3, 0.4) is 0 Å². The number of aliphatic carboxylic acids is 1. The second-order valence-corrected chi connectivity index (χ2v) is 6.60. The monoisotopic (exact) mass is 288 g/mol. The van der Waals surface area contributed by atoms with Crippen molar-refractivity contribution in [2.75, 3.05) is 13.4 Å². The van der Waals surface area contributed by atoms with Crippen molar-refractivity contribution in [1.82, 2.24) is 0 Å². The second-order valence-electron chi connectivity index (χ2n) is 4.65. The van der Waals surface area contributed by atoms with E-state index in [1.165, 1.54) is 13.2 Å². The van der Waals surface area contributed by atoms with Crippen molar-refractivity contribution in [3.63, 3.8) is 0 Å². The van der Waals surface area contributed by atoms with E-state index in [0.29, 0.717) is 12.8 Å². The molecule has 0 aliphatic heterocycles. The number of halogens is 1. The Balaban J connectivity index is 2.65. The van der Waals surface area contributed by atoms with E-state index in [-0.39, 0.29) is 11.3 Å². The van der Waals surface area contributed by atoms with Crippen molar-refractivity contribution in [2.45, 2.75) is 23.2 Å². The van der Waals surface area contributed by atoms with Gasteiger partial charge < -0.3 is 9.84 Å². The molecule has 0 radical (unpaired) electrons. The maximum absolute atomic E-state index is 14.0. The zero-order valence-corrected chi connectivity index (χ0v) is 11.3. The molecular weight excluding hydrogens is 275 g/mol. The minimum absolute atomic E-state index is 0.162. The first kappa shape index (κ1) is 13.8. The van der Waals surface area contributed by atoms with Gasteiger partial charge in [-0.3, -0.25) is 4.79 Å². The van der Waals surface area contributed by atoms with Crippen molar-refractivity contribution < 1.29 is 27.4 Å². The van der Waals surface area contributed by atoms with Crippen LogP contribution in [0.1, 0.15) is 18.4 Å². The number of hydrogen-bond acceptors (Lipinski definition) is 4. The molecule has 0 bridgehead atoms. The van der Waals surface area contributed by atoms with E-state index in [4.69, 9.17) is 9.84 Å². The molecule has 1 aliphatic rings. The van der Waals surface area contributed by atoms with Gasteiger partial charge in [0.25, 0.3) is 0 Å². The van der Waals surface area contributed by atoms with E-state index in [0.717, 1.165) is 12.3 Å². The molecule has 1 aromatic rings. The summed E-state index contributed by atoms with van der Waals surface area (Å²) < 4.78 is 41.9. The van der Waals surface area contributed by atoms with Crippen LogP contribution >= 0.6 is 0 Å². The van der Waals surface area contributed by atoms with Crippen LogP contribution in [0, 0.1) is 5.82 Å². The number of benzene rings is 1. The molecule has 104 valence electrons. The lowest BCUT2D eigenvalue weighted by Gasteiger charge is -2.14. The van der Waals surface area contributed by atoms with E-state index in [2.05, 4.69) is 0 Å². The molecule has 1 N–H and O–H groups in total. The predicted octanol–water partition coefficient (Wildman–Crippen LogP) is 1.35. The molecule has 0 atom stereocenters. The van der Waals surface area contributed by atoms with E-state index in [1.54, 1.807) is 0 Å². The fourth-order valence-corrected chi connectivity index (χ4v) is 3.03. The Morgan fingerprint density at radius 3 is 2.37 bits per heavy atom. The Morgan fingerprint density at radius 1 is 1.42 bits per heavy atom. The molecule has 1 fully saturated rings. The number of rotatable bonds is 4. The lowest BCUT2D eigenvalue weighted by atomic mass is 9.96. The van der Waals surface area contributed by atoms with E-state index in [1.807, 2.05) is 0 Å². The highest BCUT2D eigenvalue weighted by Gasteiger charge is 2.52. The molecule has 2 rings (SSSR count). The van der Waals surface area contributed by atoms with Crippen LogP contribution in [0.15, 0.2) is 17.0 Å². The zero-order valence-electron chi connectivity index (χ0n) is 10.4. The highest BCUT2D eigenvalue weighted by molar-refractivity contribution is 7.90. The molecule has 1 aliphatic carbocycles. The lowest BCUT2D eigenvalue weighted by Crippen LogP contribution is -2.20. The topological polar surface area (TPSA) is 80.7 Å². The molecule has 1 saturated carbocycles. The third-order valence-electron chi connectivity index (χ3n) is 3.31. The summed E-state index contributed by atoms with van der Waals surface area (Å²) in [5.41, 5.74) is -0.869. The third-order valence-corrected chi connectivity index (χ3v) is 4.45. The summed E-state index contributed by atoms with van der Waals surface area (Å²) in [5.74, 6) is -2.18. The van der Waals surface area contributed by atoms with Gasteiger partial charge in [-0.2, -0.15) is 0 Å². The number of carboxylic acid groups (broad SMARTS) is 1. The summed E-state index contributed by atoms with van der Waals surface area (Å²) in [7, 11) is -2.57. The average Bonchev–Trinajstić information content (AvgIpc) is 3.06. The molecule has 5 nitrogen and oxygen atoms in total. The number of carbonyl (C=O) groups is 1. The number of carboxylic acids is 1. The van der Waals surface area contributed by atoms with Crippen molar-refractivity contribution in [2.24, 2.45) is 0 Å². The standard InChI is InChI=1S/C12H13FO5S/c1-18-9-6-7(12(3-4-12)11(14)15)5-8(13)10(9)19(2,16)17/h5-6H,3-4H2,1-2H3,(H,14,15). The van der Waals surface area contributed by atoms with Crippen molar-refractivity contribution in [3.8, 4) is 5.75 Å². The molecule has 0 unspecified atom stereocenters. The first-order chi connectivity index (χ1) is 8.72. The van der Waals surface area contributed by atoms with Crippen LogP contribution < -0.4 is 4.74 Å². The van der Waals surface area contributed by atoms with Gasteiger partial charge in [-0.1, -0.05) is 0 Å². The van der Waals surface area contributed by atoms with Gasteiger partial charge in [-0.15, -0.1) is 0 Å². The van der Waals surface area contributed by atoms with Gasteiger partial charge in [-0.05, 0) is 30.5 Å². The maximum Gasteiger partial charge on any atom is 0.314 e.